The lowest BCUT2D eigenvalue weighted by Crippen LogP contribution is -2.58. The summed E-state index contributed by atoms with van der Waals surface area (Å²) >= 11 is 0. The molecule has 0 aromatic heterocycles. The minimum atomic E-state index is -0.253. The predicted molar refractivity (Wildman–Crippen MR) is 117 cm³/mol. The van der Waals surface area contributed by atoms with Crippen LogP contribution in [0.2, 0.25) is 0 Å². The molecule has 0 heterocycles. The van der Waals surface area contributed by atoms with Gasteiger partial charge < -0.3 is 9.84 Å². The first-order chi connectivity index (χ1) is 14.2. The minimum absolute atomic E-state index is 0.0683. The van der Waals surface area contributed by atoms with Crippen LogP contribution in [0.4, 0.5) is 0 Å². The molecule has 9 atom stereocenters. The Morgan fingerprint density at radius 2 is 1.90 bits per heavy atom. The Labute approximate surface area is 182 Å². The van der Waals surface area contributed by atoms with Gasteiger partial charge in [0.25, 0.3) is 0 Å². The van der Waals surface area contributed by atoms with Crippen LogP contribution in [-0.2, 0) is 14.3 Å². The number of ketones is 1. The zero-order valence-corrected chi connectivity index (χ0v) is 19.5. The normalized spacial score (nSPS) is 46.5. The maximum atomic E-state index is 12.1. The van der Waals surface area contributed by atoms with Gasteiger partial charge in [0.15, 0.2) is 0 Å². The molecule has 0 spiro atoms. The third-order valence-corrected chi connectivity index (χ3v) is 10.4. The van der Waals surface area contributed by atoms with Crippen molar-refractivity contribution in [3.05, 3.63) is 0 Å². The molecule has 0 saturated heterocycles. The van der Waals surface area contributed by atoms with Gasteiger partial charge in [0.2, 0.25) is 0 Å². The Hall–Kier alpha value is -0.900. The molecule has 4 aliphatic carbocycles. The van der Waals surface area contributed by atoms with Crippen LogP contribution in [0.3, 0.4) is 0 Å². The molecule has 4 aliphatic rings. The fourth-order valence-electron chi connectivity index (χ4n) is 8.77. The highest BCUT2D eigenvalue weighted by molar-refractivity contribution is 5.79. The predicted octanol–water partition coefficient (Wildman–Crippen LogP) is 5.16. The van der Waals surface area contributed by atoms with E-state index in [1.165, 1.54) is 25.7 Å². The van der Waals surface area contributed by atoms with Gasteiger partial charge >= 0.3 is 5.97 Å². The number of aliphatic hydroxyl groups is 1. The van der Waals surface area contributed by atoms with Crippen molar-refractivity contribution in [2.75, 3.05) is 6.61 Å². The van der Waals surface area contributed by atoms with Crippen molar-refractivity contribution in [3.63, 3.8) is 0 Å². The Balaban J connectivity index is 1.50. The van der Waals surface area contributed by atoms with E-state index in [1.54, 1.807) is 0 Å². The smallest absolute Gasteiger partial charge is 0.305 e. The van der Waals surface area contributed by atoms with Crippen molar-refractivity contribution >= 4 is 11.8 Å². The van der Waals surface area contributed by atoms with Crippen LogP contribution in [-0.4, -0.2) is 29.6 Å². The molecule has 4 saturated carbocycles. The van der Waals surface area contributed by atoms with E-state index < -0.39 is 0 Å². The zero-order valence-electron chi connectivity index (χ0n) is 19.5. The van der Waals surface area contributed by atoms with Crippen molar-refractivity contribution in [2.45, 2.75) is 98.0 Å². The molecule has 0 aliphatic heterocycles. The van der Waals surface area contributed by atoms with Crippen molar-refractivity contribution in [1.82, 2.24) is 0 Å². The molecule has 0 bridgehead atoms. The molecule has 1 N–H and O–H groups in total. The molecule has 0 amide bonds. The molecular formula is C26H42O4. The number of fused-ring (bicyclic) bond motifs is 5. The highest BCUT2D eigenvalue weighted by atomic mass is 16.5. The van der Waals surface area contributed by atoms with Gasteiger partial charge in [0.05, 0.1) is 12.7 Å². The summed E-state index contributed by atoms with van der Waals surface area (Å²) in [6, 6.07) is 0. The Kier molecular flexibility index (Phi) is 6.11. The lowest BCUT2D eigenvalue weighted by molar-refractivity contribution is -0.169. The van der Waals surface area contributed by atoms with Gasteiger partial charge in [-0.3, -0.25) is 9.59 Å². The second-order valence-electron chi connectivity index (χ2n) is 11.6. The van der Waals surface area contributed by atoms with Gasteiger partial charge in [-0.15, -0.1) is 0 Å². The number of hydrogen-bond acceptors (Lipinski definition) is 4. The standard InChI is InChI=1S/C26H42O4/c1-5-30-23(29)9-6-16(2)19-7-8-20-24-21(11-13-26(19,20)4)25(3)12-10-18(27)14-17(25)15-22(24)28/h16-17,19-22,24,28H,5-15H2,1-4H3/t16-,17?,19-,20+,21+,22?,24+,25+,26-/m1/s1. The Bertz CT molecular complexity index is 674. The molecule has 4 fully saturated rings. The van der Waals surface area contributed by atoms with Crippen molar-refractivity contribution in [1.29, 1.82) is 0 Å². The lowest BCUT2D eigenvalue weighted by atomic mass is 9.44. The number of esters is 1. The molecule has 2 unspecified atom stereocenters. The second-order valence-corrected chi connectivity index (χ2v) is 11.6. The summed E-state index contributed by atoms with van der Waals surface area (Å²) in [7, 11) is 0. The summed E-state index contributed by atoms with van der Waals surface area (Å²) in [5.41, 5.74) is 0.497. The van der Waals surface area contributed by atoms with E-state index in [2.05, 4.69) is 20.8 Å². The van der Waals surface area contributed by atoms with Gasteiger partial charge in [-0.1, -0.05) is 20.8 Å². The fourth-order valence-corrected chi connectivity index (χ4v) is 8.77. The maximum absolute atomic E-state index is 12.1. The van der Waals surface area contributed by atoms with Crippen molar-refractivity contribution in [3.8, 4) is 0 Å². The average Bonchev–Trinajstić information content (AvgIpc) is 3.05. The van der Waals surface area contributed by atoms with Crippen molar-refractivity contribution in [2.24, 2.45) is 46.3 Å². The number of aliphatic hydroxyl groups excluding tert-OH is 1. The number of rotatable bonds is 5. The molecule has 4 heteroatoms. The van der Waals surface area contributed by atoms with Gasteiger partial charge in [0.1, 0.15) is 5.78 Å². The molecule has 0 aromatic carbocycles. The maximum Gasteiger partial charge on any atom is 0.305 e. The first kappa shape index (κ1) is 22.3. The largest absolute Gasteiger partial charge is 0.466 e. The van der Waals surface area contributed by atoms with E-state index in [1.807, 2.05) is 6.92 Å². The lowest BCUT2D eigenvalue weighted by Gasteiger charge is -2.62. The van der Waals surface area contributed by atoms with E-state index >= 15 is 0 Å². The summed E-state index contributed by atoms with van der Waals surface area (Å²) in [5, 5.41) is 11.3. The van der Waals surface area contributed by atoms with E-state index in [9.17, 15) is 14.7 Å². The zero-order chi connectivity index (χ0) is 21.7. The van der Waals surface area contributed by atoms with Crippen LogP contribution in [0.1, 0.15) is 91.9 Å². The number of Topliss-reactive ketones (excluding diaryl/α,β-unsaturated/α-hetero) is 1. The first-order valence-corrected chi connectivity index (χ1v) is 12.6. The molecule has 4 nitrogen and oxygen atoms in total. The van der Waals surface area contributed by atoms with Crippen LogP contribution in [0.5, 0.6) is 0 Å². The molecular weight excluding hydrogens is 376 g/mol. The monoisotopic (exact) mass is 418 g/mol. The van der Waals surface area contributed by atoms with Crippen LogP contribution in [0, 0.1) is 46.3 Å². The van der Waals surface area contributed by atoms with E-state index in [0.717, 1.165) is 25.7 Å². The molecule has 0 radical (unpaired) electrons. The Morgan fingerprint density at radius 3 is 2.63 bits per heavy atom. The summed E-state index contributed by atoms with van der Waals surface area (Å²) in [5.74, 6) is 3.38. The molecule has 30 heavy (non-hydrogen) atoms. The quantitative estimate of drug-likeness (QED) is 0.626. The Morgan fingerprint density at radius 1 is 1.17 bits per heavy atom. The topological polar surface area (TPSA) is 63.6 Å². The van der Waals surface area contributed by atoms with Crippen molar-refractivity contribution < 1.29 is 19.4 Å². The number of carbonyl (C=O) groups excluding carboxylic acids is 2. The van der Waals surface area contributed by atoms with Crippen LogP contribution >= 0.6 is 0 Å². The van der Waals surface area contributed by atoms with Gasteiger partial charge in [-0.05, 0) is 98.2 Å². The minimum Gasteiger partial charge on any atom is -0.466 e. The molecule has 4 rings (SSSR count). The second kappa shape index (κ2) is 8.22. The molecule has 0 aromatic rings. The third kappa shape index (κ3) is 3.55. The summed E-state index contributed by atoms with van der Waals surface area (Å²) in [6.45, 7) is 9.57. The summed E-state index contributed by atoms with van der Waals surface area (Å²) in [4.78, 5) is 24.0. The van der Waals surface area contributed by atoms with E-state index in [0.29, 0.717) is 60.7 Å². The highest BCUT2D eigenvalue weighted by Gasteiger charge is 2.62. The fraction of sp³-hybridized carbons (Fsp3) is 0.923. The van der Waals surface area contributed by atoms with Crippen LogP contribution < -0.4 is 0 Å². The van der Waals surface area contributed by atoms with E-state index in [4.69, 9.17) is 4.74 Å². The molecule has 170 valence electrons. The third-order valence-electron chi connectivity index (χ3n) is 10.4. The SMILES string of the molecule is CCOC(=O)CC[C@@H](C)[C@H]1CC[C@H]2[C@@H]3C(O)CC4CC(=O)CC[C@]4(C)[C@H]3CC[C@]12C. The van der Waals surface area contributed by atoms with E-state index in [-0.39, 0.29) is 22.9 Å². The van der Waals surface area contributed by atoms with Gasteiger partial charge in [0, 0.05) is 19.3 Å². The average molecular weight is 419 g/mol. The van der Waals surface area contributed by atoms with Crippen LogP contribution in [0.25, 0.3) is 0 Å². The number of carbonyl (C=O) groups is 2. The van der Waals surface area contributed by atoms with Gasteiger partial charge in [-0.25, -0.2) is 0 Å². The summed E-state index contributed by atoms with van der Waals surface area (Å²) in [6.07, 6.45) is 9.30. The number of hydrogen-bond donors (Lipinski definition) is 1. The van der Waals surface area contributed by atoms with Crippen LogP contribution in [0.15, 0.2) is 0 Å². The first-order valence-electron chi connectivity index (χ1n) is 12.6. The number of ether oxygens (including phenoxy) is 1. The van der Waals surface area contributed by atoms with Gasteiger partial charge in [-0.2, -0.15) is 0 Å². The summed E-state index contributed by atoms with van der Waals surface area (Å²) < 4.78 is 5.14. The highest BCUT2D eigenvalue weighted by Crippen LogP contribution is 2.68.